The zero-order chi connectivity index (χ0) is 13.7. The van der Waals surface area contributed by atoms with Crippen LogP contribution in [-0.4, -0.2) is 24.0 Å². The molecule has 1 atom stereocenters. The van der Waals surface area contributed by atoms with Crippen LogP contribution < -0.4 is 5.73 Å². The van der Waals surface area contributed by atoms with E-state index in [2.05, 4.69) is 6.92 Å². The van der Waals surface area contributed by atoms with Gasteiger partial charge in [-0.15, -0.1) is 0 Å². The van der Waals surface area contributed by atoms with Crippen LogP contribution in [0.2, 0.25) is 0 Å². The third kappa shape index (κ3) is 9.86. The van der Waals surface area contributed by atoms with Gasteiger partial charge in [-0.05, 0) is 13.3 Å². The average Bonchev–Trinajstić information content (AvgIpc) is 2.37. The highest BCUT2D eigenvalue weighted by atomic mass is 16.6. The number of unbranched alkanes of at least 4 members (excludes halogenated alkanes) is 8. The summed E-state index contributed by atoms with van der Waals surface area (Å²) in [5.41, 5.74) is 5.53. The first-order valence-electron chi connectivity index (χ1n) is 7.75. The SMILES string of the molecule is CCCCCCCCCCCC(O)(CN)OCC. The number of hydrogen-bond acceptors (Lipinski definition) is 3. The Balaban J connectivity index is 3.33. The van der Waals surface area contributed by atoms with E-state index in [0.29, 0.717) is 13.0 Å². The van der Waals surface area contributed by atoms with Crippen LogP contribution in [0.3, 0.4) is 0 Å². The van der Waals surface area contributed by atoms with E-state index >= 15 is 0 Å². The predicted molar refractivity (Wildman–Crippen MR) is 77.5 cm³/mol. The molecule has 0 amide bonds. The van der Waals surface area contributed by atoms with E-state index in [1.807, 2.05) is 6.92 Å². The minimum Gasteiger partial charge on any atom is -0.364 e. The van der Waals surface area contributed by atoms with Crippen LogP contribution in [0.25, 0.3) is 0 Å². The average molecular weight is 259 g/mol. The zero-order valence-electron chi connectivity index (χ0n) is 12.4. The van der Waals surface area contributed by atoms with Crippen LogP contribution in [0.4, 0.5) is 0 Å². The van der Waals surface area contributed by atoms with Crippen LogP contribution in [-0.2, 0) is 4.74 Å². The highest BCUT2D eigenvalue weighted by molar-refractivity contribution is 4.68. The summed E-state index contributed by atoms with van der Waals surface area (Å²) in [6, 6.07) is 0. The van der Waals surface area contributed by atoms with Crippen LogP contribution in [0.5, 0.6) is 0 Å². The Labute approximate surface area is 113 Å². The molecule has 0 heterocycles. The summed E-state index contributed by atoms with van der Waals surface area (Å²) in [7, 11) is 0. The minimum atomic E-state index is -1.09. The molecule has 3 heteroatoms. The van der Waals surface area contributed by atoms with E-state index in [4.69, 9.17) is 10.5 Å². The number of ether oxygens (including phenoxy) is 1. The lowest BCUT2D eigenvalue weighted by atomic mass is 10.0. The van der Waals surface area contributed by atoms with Crippen molar-refractivity contribution in [3.63, 3.8) is 0 Å². The number of aliphatic hydroxyl groups is 1. The van der Waals surface area contributed by atoms with Crippen molar-refractivity contribution >= 4 is 0 Å². The highest BCUT2D eigenvalue weighted by Gasteiger charge is 2.24. The highest BCUT2D eigenvalue weighted by Crippen LogP contribution is 2.17. The Bertz CT molecular complexity index is 176. The van der Waals surface area contributed by atoms with Crippen LogP contribution in [0.15, 0.2) is 0 Å². The van der Waals surface area contributed by atoms with Crippen LogP contribution in [0.1, 0.15) is 78.1 Å². The molecule has 0 aliphatic rings. The molecule has 0 spiro atoms. The third-order valence-electron chi connectivity index (χ3n) is 3.40. The molecule has 0 rings (SSSR count). The summed E-state index contributed by atoms with van der Waals surface area (Å²) in [5, 5.41) is 9.97. The normalized spacial score (nSPS) is 14.7. The Morgan fingerprint density at radius 3 is 1.83 bits per heavy atom. The van der Waals surface area contributed by atoms with Gasteiger partial charge in [-0.25, -0.2) is 0 Å². The van der Waals surface area contributed by atoms with Crippen molar-refractivity contribution in [2.24, 2.45) is 5.73 Å². The van der Waals surface area contributed by atoms with E-state index in [9.17, 15) is 5.11 Å². The Morgan fingerprint density at radius 1 is 0.889 bits per heavy atom. The molecule has 0 aromatic rings. The molecule has 0 radical (unpaired) electrons. The van der Waals surface area contributed by atoms with Gasteiger partial charge in [0.2, 0.25) is 0 Å². The van der Waals surface area contributed by atoms with Gasteiger partial charge in [0.05, 0.1) is 0 Å². The molecule has 3 N–H and O–H groups in total. The van der Waals surface area contributed by atoms with E-state index in [1.54, 1.807) is 0 Å². The van der Waals surface area contributed by atoms with Gasteiger partial charge in [0.1, 0.15) is 0 Å². The van der Waals surface area contributed by atoms with E-state index in [0.717, 1.165) is 6.42 Å². The van der Waals surface area contributed by atoms with Gasteiger partial charge < -0.3 is 15.6 Å². The summed E-state index contributed by atoms with van der Waals surface area (Å²) in [4.78, 5) is 0. The standard InChI is InChI=1S/C15H33NO2/c1-3-5-6-7-8-9-10-11-12-13-15(17,14-16)18-4-2/h17H,3-14,16H2,1-2H3. The van der Waals surface area contributed by atoms with Gasteiger partial charge in [0, 0.05) is 19.6 Å². The van der Waals surface area contributed by atoms with Crippen molar-refractivity contribution in [3.05, 3.63) is 0 Å². The first kappa shape index (κ1) is 17.9. The summed E-state index contributed by atoms with van der Waals surface area (Å²) < 4.78 is 5.28. The molecule has 0 aromatic carbocycles. The van der Waals surface area contributed by atoms with Crippen molar-refractivity contribution in [3.8, 4) is 0 Å². The zero-order valence-corrected chi connectivity index (χ0v) is 12.4. The lowest BCUT2D eigenvalue weighted by Crippen LogP contribution is -2.40. The first-order valence-corrected chi connectivity index (χ1v) is 7.75. The predicted octanol–water partition coefficient (Wildman–Crippen LogP) is 3.59. The summed E-state index contributed by atoms with van der Waals surface area (Å²) in [5.74, 6) is -1.09. The third-order valence-corrected chi connectivity index (χ3v) is 3.40. The smallest absolute Gasteiger partial charge is 0.177 e. The second-order valence-electron chi connectivity index (χ2n) is 5.16. The molecule has 110 valence electrons. The Kier molecular flexibility index (Phi) is 11.9. The van der Waals surface area contributed by atoms with Gasteiger partial charge in [0.15, 0.2) is 5.79 Å². The van der Waals surface area contributed by atoms with Crippen molar-refractivity contribution in [2.45, 2.75) is 83.8 Å². The molecule has 0 bridgehead atoms. The number of hydrogen-bond donors (Lipinski definition) is 2. The molecule has 3 nitrogen and oxygen atoms in total. The van der Waals surface area contributed by atoms with Gasteiger partial charge in [0.25, 0.3) is 0 Å². The second kappa shape index (κ2) is 11.9. The number of rotatable bonds is 13. The lowest BCUT2D eigenvalue weighted by Gasteiger charge is -2.26. The minimum absolute atomic E-state index is 0.192. The van der Waals surface area contributed by atoms with Crippen molar-refractivity contribution < 1.29 is 9.84 Å². The van der Waals surface area contributed by atoms with Gasteiger partial charge in [-0.3, -0.25) is 0 Å². The monoisotopic (exact) mass is 259 g/mol. The Hall–Kier alpha value is -0.120. The fourth-order valence-corrected chi connectivity index (χ4v) is 2.21. The molecule has 0 aromatic heterocycles. The fraction of sp³-hybridized carbons (Fsp3) is 1.00. The summed E-state index contributed by atoms with van der Waals surface area (Å²) in [6.07, 6.45) is 12.2. The first-order chi connectivity index (χ1) is 8.68. The molecule has 1 unspecified atom stereocenters. The maximum absolute atomic E-state index is 9.97. The fourth-order valence-electron chi connectivity index (χ4n) is 2.21. The van der Waals surface area contributed by atoms with Crippen LogP contribution >= 0.6 is 0 Å². The van der Waals surface area contributed by atoms with Crippen molar-refractivity contribution in [1.29, 1.82) is 0 Å². The molecule has 18 heavy (non-hydrogen) atoms. The Morgan fingerprint density at radius 2 is 1.39 bits per heavy atom. The van der Waals surface area contributed by atoms with E-state index < -0.39 is 5.79 Å². The van der Waals surface area contributed by atoms with Gasteiger partial charge in [-0.2, -0.15) is 0 Å². The van der Waals surface area contributed by atoms with Crippen molar-refractivity contribution in [2.75, 3.05) is 13.2 Å². The maximum atomic E-state index is 9.97. The van der Waals surface area contributed by atoms with Crippen LogP contribution in [0, 0.1) is 0 Å². The molecule has 0 aliphatic heterocycles. The van der Waals surface area contributed by atoms with Crippen molar-refractivity contribution in [1.82, 2.24) is 0 Å². The maximum Gasteiger partial charge on any atom is 0.177 e. The van der Waals surface area contributed by atoms with E-state index in [-0.39, 0.29) is 6.54 Å². The molecule has 0 saturated carbocycles. The largest absolute Gasteiger partial charge is 0.364 e. The molecule has 0 aliphatic carbocycles. The summed E-state index contributed by atoms with van der Waals surface area (Å²) in [6.45, 7) is 4.84. The van der Waals surface area contributed by atoms with Gasteiger partial charge in [-0.1, -0.05) is 58.3 Å². The molecule has 0 saturated heterocycles. The summed E-state index contributed by atoms with van der Waals surface area (Å²) >= 11 is 0. The molecular formula is C15H33NO2. The lowest BCUT2D eigenvalue weighted by molar-refractivity contribution is -0.197. The molecule has 0 fully saturated rings. The van der Waals surface area contributed by atoms with E-state index in [1.165, 1.54) is 51.4 Å². The quantitative estimate of drug-likeness (QED) is 0.392. The molecular weight excluding hydrogens is 226 g/mol. The number of nitrogens with two attached hydrogens (primary N) is 1. The topological polar surface area (TPSA) is 55.5 Å². The van der Waals surface area contributed by atoms with Gasteiger partial charge >= 0.3 is 0 Å². The second-order valence-corrected chi connectivity index (χ2v) is 5.16.